The summed E-state index contributed by atoms with van der Waals surface area (Å²) >= 11 is 0. The average molecular weight is 228 g/mol. The molecule has 0 aromatic carbocycles. The van der Waals surface area contributed by atoms with Crippen LogP contribution in [0.4, 0.5) is 0 Å². The minimum atomic E-state index is -0.330. The molecular weight excluding hydrogens is 204 g/mol. The Kier molecular flexibility index (Phi) is 4.74. The van der Waals surface area contributed by atoms with Crippen molar-refractivity contribution in [1.82, 2.24) is 5.32 Å². The molecule has 1 fully saturated rings. The van der Waals surface area contributed by atoms with Gasteiger partial charge in [0.1, 0.15) is 0 Å². The standard InChI is InChI=1S/C12H24N2O2/c1-4-16-10-5-9(6-10)7-11(15)14-8-12(2,3)13/h9-10H,4-8,13H2,1-3H3,(H,14,15). The summed E-state index contributed by atoms with van der Waals surface area (Å²) in [6.07, 6.45) is 3.04. The fraction of sp³-hybridized carbons (Fsp3) is 0.917. The minimum Gasteiger partial charge on any atom is -0.378 e. The third-order valence-electron chi connectivity index (χ3n) is 2.81. The van der Waals surface area contributed by atoms with Crippen LogP contribution in [-0.4, -0.2) is 30.7 Å². The largest absolute Gasteiger partial charge is 0.378 e. The molecule has 4 heteroatoms. The van der Waals surface area contributed by atoms with E-state index in [1.165, 1.54) is 0 Å². The molecule has 0 heterocycles. The van der Waals surface area contributed by atoms with Crippen molar-refractivity contribution in [2.75, 3.05) is 13.2 Å². The van der Waals surface area contributed by atoms with Crippen LogP contribution >= 0.6 is 0 Å². The summed E-state index contributed by atoms with van der Waals surface area (Å²) < 4.78 is 5.45. The van der Waals surface area contributed by atoms with Gasteiger partial charge in [0.25, 0.3) is 0 Å². The minimum absolute atomic E-state index is 0.110. The Morgan fingerprint density at radius 3 is 2.62 bits per heavy atom. The monoisotopic (exact) mass is 228 g/mol. The Hall–Kier alpha value is -0.610. The van der Waals surface area contributed by atoms with Crippen molar-refractivity contribution in [2.45, 2.75) is 51.7 Å². The Morgan fingerprint density at radius 2 is 2.12 bits per heavy atom. The number of rotatable bonds is 6. The normalized spacial score (nSPS) is 25.0. The highest BCUT2D eigenvalue weighted by molar-refractivity contribution is 5.76. The molecule has 1 aliphatic rings. The van der Waals surface area contributed by atoms with E-state index in [2.05, 4.69) is 5.32 Å². The topological polar surface area (TPSA) is 64.3 Å². The molecule has 0 spiro atoms. The van der Waals surface area contributed by atoms with Crippen molar-refractivity contribution in [3.8, 4) is 0 Å². The Labute approximate surface area is 97.9 Å². The van der Waals surface area contributed by atoms with Crippen molar-refractivity contribution in [3.05, 3.63) is 0 Å². The van der Waals surface area contributed by atoms with E-state index in [9.17, 15) is 4.79 Å². The van der Waals surface area contributed by atoms with Crippen LogP contribution in [0.3, 0.4) is 0 Å². The molecule has 16 heavy (non-hydrogen) atoms. The lowest BCUT2D eigenvalue weighted by Gasteiger charge is -2.34. The van der Waals surface area contributed by atoms with Crippen LogP contribution in [0.15, 0.2) is 0 Å². The van der Waals surface area contributed by atoms with E-state index in [0.717, 1.165) is 19.4 Å². The van der Waals surface area contributed by atoms with Gasteiger partial charge in [-0.2, -0.15) is 0 Å². The Balaban J connectivity index is 2.08. The molecule has 0 aromatic rings. The number of carbonyl (C=O) groups excluding carboxylic acids is 1. The molecule has 1 saturated carbocycles. The Bertz CT molecular complexity index is 230. The molecule has 0 aromatic heterocycles. The number of amides is 1. The fourth-order valence-electron chi connectivity index (χ4n) is 1.87. The summed E-state index contributed by atoms with van der Waals surface area (Å²) in [7, 11) is 0. The maximum atomic E-state index is 11.5. The third-order valence-corrected chi connectivity index (χ3v) is 2.81. The second-order valence-corrected chi connectivity index (χ2v) is 5.38. The lowest BCUT2D eigenvalue weighted by molar-refractivity contribution is -0.124. The van der Waals surface area contributed by atoms with E-state index >= 15 is 0 Å². The first-order valence-electron chi connectivity index (χ1n) is 6.08. The fourth-order valence-corrected chi connectivity index (χ4v) is 1.87. The van der Waals surface area contributed by atoms with Crippen LogP contribution < -0.4 is 11.1 Å². The molecule has 0 atom stereocenters. The van der Waals surface area contributed by atoms with Gasteiger partial charge < -0.3 is 15.8 Å². The number of carbonyl (C=O) groups is 1. The first-order chi connectivity index (χ1) is 7.40. The summed E-state index contributed by atoms with van der Waals surface area (Å²) in [5.41, 5.74) is 5.46. The summed E-state index contributed by atoms with van der Waals surface area (Å²) in [6, 6.07) is 0. The second kappa shape index (κ2) is 5.64. The van der Waals surface area contributed by atoms with Crippen LogP contribution in [0.25, 0.3) is 0 Å². The lowest BCUT2D eigenvalue weighted by atomic mass is 9.80. The summed E-state index contributed by atoms with van der Waals surface area (Å²) in [5, 5.41) is 2.86. The predicted molar refractivity (Wildman–Crippen MR) is 64.0 cm³/mol. The number of ether oxygens (including phenoxy) is 1. The van der Waals surface area contributed by atoms with E-state index in [1.54, 1.807) is 0 Å². The SMILES string of the molecule is CCOC1CC(CC(=O)NCC(C)(C)N)C1. The van der Waals surface area contributed by atoms with Gasteiger partial charge in [0.2, 0.25) is 5.91 Å². The van der Waals surface area contributed by atoms with Crippen LogP contribution in [0, 0.1) is 5.92 Å². The smallest absolute Gasteiger partial charge is 0.220 e. The van der Waals surface area contributed by atoms with E-state index in [1.807, 2.05) is 20.8 Å². The third kappa shape index (κ3) is 4.94. The van der Waals surface area contributed by atoms with Gasteiger partial charge in [-0.3, -0.25) is 4.79 Å². The van der Waals surface area contributed by atoms with E-state index in [0.29, 0.717) is 25.0 Å². The first-order valence-corrected chi connectivity index (χ1v) is 6.08. The molecule has 0 radical (unpaired) electrons. The Morgan fingerprint density at radius 1 is 1.50 bits per heavy atom. The second-order valence-electron chi connectivity index (χ2n) is 5.38. The van der Waals surface area contributed by atoms with E-state index in [4.69, 9.17) is 10.5 Å². The van der Waals surface area contributed by atoms with Crippen molar-refractivity contribution in [2.24, 2.45) is 11.7 Å². The van der Waals surface area contributed by atoms with Gasteiger partial charge in [-0.25, -0.2) is 0 Å². The van der Waals surface area contributed by atoms with Gasteiger partial charge in [0.05, 0.1) is 6.10 Å². The summed E-state index contributed by atoms with van der Waals surface area (Å²) in [6.45, 7) is 7.12. The van der Waals surface area contributed by atoms with Gasteiger partial charge in [0, 0.05) is 25.1 Å². The molecule has 0 saturated heterocycles. The zero-order chi connectivity index (χ0) is 12.2. The van der Waals surface area contributed by atoms with Gasteiger partial charge >= 0.3 is 0 Å². The number of nitrogens with one attached hydrogen (secondary N) is 1. The highest BCUT2D eigenvalue weighted by Crippen LogP contribution is 2.32. The molecule has 1 amide bonds. The first kappa shape index (κ1) is 13.5. The number of nitrogens with two attached hydrogens (primary N) is 1. The summed E-state index contributed by atoms with van der Waals surface area (Å²) in [5.74, 6) is 0.607. The number of hydrogen-bond donors (Lipinski definition) is 2. The van der Waals surface area contributed by atoms with Gasteiger partial charge in [0.15, 0.2) is 0 Å². The molecule has 4 nitrogen and oxygen atoms in total. The molecule has 1 aliphatic carbocycles. The molecule has 0 unspecified atom stereocenters. The molecule has 3 N–H and O–H groups in total. The van der Waals surface area contributed by atoms with Crippen LogP contribution in [-0.2, 0) is 9.53 Å². The molecule has 94 valence electrons. The van der Waals surface area contributed by atoms with E-state index in [-0.39, 0.29) is 11.4 Å². The average Bonchev–Trinajstić information content (AvgIpc) is 2.10. The highest BCUT2D eigenvalue weighted by atomic mass is 16.5. The maximum Gasteiger partial charge on any atom is 0.220 e. The van der Waals surface area contributed by atoms with Gasteiger partial charge in [-0.05, 0) is 39.5 Å². The predicted octanol–water partition coefficient (Wildman–Crippen LogP) is 1.05. The molecular formula is C12H24N2O2. The molecule has 1 rings (SSSR count). The lowest BCUT2D eigenvalue weighted by Crippen LogP contribution is -2.46. The molecule has 0 aliphatic heterocycles. The molecule has 0 bridgehead atoms. The van der Waals surface area contributed by atoms with E-state index < -0.39 is 0 Å². The van der Waals surface area contributed by atoms with Crippen molar-refractivity contribution < 1.29 is 9.53 Å². The summed E-state index contributed by atoms with van der Waals surface area (Å²) in [4.78, 5) is 11.5. The zero-order valence-corrected chi connectivity index (χ0v) is 10.6. The van der Waals surface area contributed by atoms with Crippen molar-refractivity contribution in [1.29, 1.82) is 0 Å². The quantitative estimate of drug-likeness (QED) is 0.714. The highest BCUT2D eigenvalue weighted by Gasteiger charge is 2.31. The van der Waals surface area contributed by atoms with Gasteiger partial charge in [-0.15, -0.1) is 0 Å². The zero-order valence-electron chi connectivity index (χ0n) is 10.6. The van der Waals surface area contributed by atoms with Crippen LogP contribution in [0.2, 0.25) is 0 Å². The van der Waals surface area contributed by atoms with Crippen LogP contribution in [0.5, 0.6) is 0 Å². The van der Waals surface area contributed by atoms with Crippen LogP contribution in [0.1, 0.15) is 40.0 Å². The van der Waals surface area contributed by atoms with Crippen molar-refractivity contribution in [3.63, 3.8) is 0 Å². The van der Waals surface area contributed by atoms with Crippen molar-refractivity contribution >= 4 is 5.91 Å². The number of hydrogen-bond acceptors (Lipinski definition) is 3. The van der Waals surface area contributed by atoms with Gasteiger partial charge in [-0.1, -0.05) is 0 Å². The maximum absolute atomic E-state index is 11.5.